The van der Waals surface area contributed by atoms with Gasteiger partial charge in [-0.2, -0.15) is 0 Å². The lowest BCUT2D eigenvalue weighted by molar-refractivity contribution is -0.141. The Bertz CT molecular complexity index is 512. The van der Waals surface area contributed by atoms with Crippen LogP contribution < -0.4 is 9.64 Å². The van der Waals surface area contributed by atoms with E-state index in [1.807, 2.05) is 19.1 Å². The van der Waals surface area contributed by atoms with Crippen molar-refractivity contribution in [3.63, 3.8) is 0 Å². The van der Waals surface area contributed by atoms with Gasteiger partial charge in [0.2, 0.25) is 5.91 Å². The topological polar surface area (TPSA) is 66.8 Å². The van der Waals surface area contributed by atoms with Crippen molar-refractivity contribution >= 4 is 17.6 Å². The average Bonchev–Trinajstić information content (AvgIpc) is 2.37. The summed E-state index contributed by atoms with van der Waals surface area (Å²) in [5.41, 5.74) is 1.56. The number of rotatable bonds is 3. The van der Waals surface area contributed by atoms with Crippen LogP contribution in [0.25, 0.3) is 0 Å². The third-order valence-electron chi connectivity index (χ3n) is 3.25. The number of aliphatic carboxylic acids is 1. The molecule has 1 unspecified atom stereocenters. The molecule has 0 bridgehead atoms. The molecule has 1 atom stereocenters. The van der Waals surface area contributed by atoms with Gasteiger partial charge in [0.25, 0.3) is 0 Å². The van der Waals surface area contributed by atoms with Gasteiger partial charge in [0, 0.05) is 13.5 Å². The number of hydrogen-bond acceptors (Lipinski definition) is 3. The molecule has 1 amide bonds. The standard InChI is InChI=1S/C14H17NO4/c1-3-19-12-6-4-5-10-7-11(14(17)18)8-15(9(2)16)13(10)12/h4-6,11H,3,7-8H2,1-2H3,(H,17,18). The molecule has 1 aliphatic rings. The number of fused-ring (bicyclic) bond motifs is 1. The van der Waals surface area contributed by atoms with E-state index in [2.05, 4.69) is 0 Å². The average molecular weight is 263 g/mol. The van der Waals surface area contributed by atoms with Crippen LogP contribution in [0, 0.1) is 5.92 Å². The molecule has 0 spiro atoms. The summed E-state index contributed by atoms with van der Waals surface area (Å²) < 4.78 is 5.54. The van der Waals surface area contributed by atoms with Crippen LogP contribution in [-0.4, -0.2) is 30.1 Å². The lowest BCUT2D eigenvalue weighted by Crippen LogP contribution is -2.41. The number of para-hydroxylation sites is 1. The number of benzene rings is 1. The van der Waals surface area contributed by atoms with Crippen LogP contribution in [0.1, 0.15) is 19.4 Å². The summed E-state index contributed by atoms with van der Waals surface area (Å²) >= 11 is 0. The third kappa shape index (κ3) is 2.54. The number of carbonyl (C=O) groups excluding carboxylic acids is 1. The minimum absolute atomic E-state index is 0.167. The van der Waals surface area contributed by atoms with Crippen LogP contribution in [0.2, 0.25) is 0 Å². The van der Waals surface area contributed by atoms with Gasteiger partial charge < -0.3 is 14.7 Å². The van der Waals surface area contributed by atoms with Crippen molar-refractivity contribution in [2.24, 2.45) is 5.92 Å². The fraction of sp³-hybridized carbons (Fsp3) is 0.429. The minimum Gasteiger partial charge on any atom is -0.492 e. The van der Waals surface area contributed by atoms with Crippen LogP contribution in [0.5, 0.6) is 5.75 Å². The van der Waals surface area contributed by atoms with Crippen molar-refractivity contribution in [3.8, 4) is 5.75 Å². The lowest BCUT2D eigenvalue weighted by atomic mass is 9.92. The van der Waals surface area contributed by atoms with E-state index in [9.17, 15) is 9.59 Å². The summed E-state index contributed by atoms with van der Waals surface area (Å²) in [6.45, 7) is 4.02. The number of nitrogens with zero attached hydrogens (tertiary/aromatic N) is 1. The van der Waals surface area contributed by atoms with Crippen molar-refractivity contribution < 1.29 is 19.4 Å². The Labute approximate surface area is 111 Å². The zero-order valence-electron chi connectivity index (χ0n) is 11.0. The summed E-state index contributed by atoms with van der Waals surface area (Å²) in [5, 5.41) is 9.17. The Morgan fingerprint density at radius 1 is 1.47 bits per heavy atom. The van der Waals surface area contributed by atoms with E-state index >= 15 is 0 Å². The molecule has 0 saturated carbocycles. The molecule has 0 saturated heterocycles. The number of amides is 1. The molecule has 19 heavy (non-hydrogen) atoms. The highest BCUT2D eigenvalue weighted by atomic mass is 16.5. The second-order valence-corrected chi connectivity index (χ2v) is 4.57. The van der Waals surface area contributed by atoms with E-state index in [4.69, 9.17) is 9.84 Å². The summed E-state index contributed by atoms with van der Waals surface area (Å²) in [5.74, 6) is -0.967. The van der Waals surface area contributed by atoms with Gasteiger partial charge in [-0.25, -0.2) is 0 Å². The zero-order valence-corrected chi connectivity index (χ0v) is 11.0. The Morgan fingerprint density at radius 2 is 2.21 bits per heavy atom. The van der Waals surface area contributed by atoms with Gasteiger partial charge in [0.05, 0.1) is 18.2 Å². The lowest BCUT2D eigenvalue weighted by Gasteiger charge is -2.33. The maximum atomic E-state index is 11.8. The molecule has 1 aromatic carbocycles. The van der Waals surface area contributed by atoms with Crippen molar-refractivity contribution in [1.29, 1.82) is 0 Å². The van der Waals surface area contributed by atoms with Crippen molar-refractivity contribution in [2.75, 3.05) is 18.1 Å². The SMILES string of the molecule is CCOc1cccc2c1N(C(C)=O)CC(C(=O)O)C2. The Kier molecular flexibility index (Phi) is 3.74. The predicted molar refractivity (Wildman–Crippen MR) is 70.5 cm³/mol. The van der Waals surface area contributed by atoms with E-state index in [0.717, 1.165) is 5.56 Å². The van der Waals surface area contributed by atoms with Crippen LogP contribution in [0.3, 0.4) is 0 Å². The first-order valence-electron chi connectivity index (χ1n) is 6.30. The maximum Gasteiger partial charge on any atom is 0.308 e. The summed E-state index contributed by atoms with van der Waals surface area (Å²) in [6, 6.07) is 5.48. The fourth-order valence-corrected chi connectivity index (χ4v) is 2.40. The van der Waals surface area contributed by atoms with Crippen molar-refractivity contribution in [1.82, 2.24) is 0 Å². The first kappa shape index (κ1) is 13.4. The molecule has 102 valence electrons. The Hall–Kier alpha value is -2.04. The molecule has 0 aliphatic carbocycles. The van der Waals surface area contributed by atoms with E-state index < -0.39 is 11.9 Å². The highest BCUT2D eigenvalue weighted by Gasteiger charge is 2.32. The molecule has 1 N–H and O–H groups in total. The largest absolute Gasteiger partial charge is 0.492 e. The first-order valence-corrected chi connectivity index (χ1v) is 6.30. The molecule has 5 nitrogen and oxygen atoms in total. The van der Waals surface area contributed by atoms with Crippen LogP contribution in [0.4, 0.5) is 5.69 Å². The number of carbonyl (C=O) groups is 2. The molecule has 0 radical (unpaired) electrons. The van der Waals surface area contributed by atoms with E-state index in [-0.39, 0.29) is 12.5 Å². The molecular weight excluding hydrogens is 246 g/mol. The predicted octanol–water partition coefficient (Wildman–Crippen LogP) is 1.70. The van der Waals surface area contributed by atoms with Crippen LogP contribution in [0.15, 0.2) is 18.2 Å². The zero-order chi connectivity index (χ0) is 14.0. The number of hydrogen-bond donors (Lipinski definition) is 1. The molecule has 1 aromatic rings. The smallest absolute Gasteiger partial charge is 0.308 e. The van der Waals surface area contributed by atoms with Gasteiger partial charge >= 0.3 is 5.97 Å². The number of ether oxygens (including phenoxy) is 1. The number of carboxylic acids is 1. The fourth-order valence-electron chi connectivity index (χ4n) is 2.40. The Morgan fingerprint density at radius 3 is 2.79 bits per heavy atom. The van der Waals surface area contributed by atoms with E-state index in [1.54, 1.807) is 6.07 Å². The maximum absolute atomic E-state index is 11.8. The van der Waals surface area contributed by atoms with E-state index in [0.29, 0.717) is 24.5 Å². The molecule has 0 aromatic heterocycles. The van der Waals surface area contributed by atoms with Gasteiger partial charge in [-0.1, -0.05) is 12.1 Å². The number of carboxylic acid groups (broad SMARTS) is 1. The number of anilines is 1. The quantitative estimate of drug-likeness (QED) is 0.901. The van der Waals surface area contributed by atoms with Crippen LogP contribution >= 0.6 is 0 Å². The highest BCUT2D eigenvalue weighted by Crippen LogP contribution is 2.38. The second kappa shape index (κ2) is 5.30. The van der Waals surface area contributed by atoms with E-state index in [1.165, 1.54) is 11.8 Å². The molecule has 2 rings (SSSR count). The monoisotopic (exact) mass is 263 g/mol. The van der Waals surface area contributed by atoms with Gasteiger partial charge in [-0.15, -0.1) is 0 Å². The summed E-state index contributed by atoms with van der Waals surface area (Å²) in [4.78, 5) is 24.4. The summed E-state index contributed by atoms with van der Waals surface area (Å²) in [6.07, 6.45) is 0.426. The molecule has 1 heterocycles. The minimum atomic E-state index is -0.876. The molecular formula is C14H17NO4. The van der Waals surface area contributed by atoms with Crippen molar-refractivity contribution in [2.45, 2.75) is 20.3 Å². The first-order chi connectivity index (χ1) is 9.04. The molecule has 5 heteroatoms. The van der Waals surface area contributed by atoms with Gasteiger partial charge in [0.15, 0.2) is 0 Å². The normalized spacial score (nSPS) is 17.8. The molecule has 0 fully saturated rings. The van der Waals surface area contributed by atoms with Gasteiger partial charge in [-0.05, 0) is 25.0 Å². The third-order valence-corrected chi connectivity index (χ3v) is 3.25. The van der Waals surface area contributed by atoms with Crippen LogP contribution in [-0.2, 0) is 16.0 Å². The summed E-state index contributed by atoms with van der Waals surface area (Å²) in [7, 11) is 0. The van der Waals surface area contributed by atoms with Gasteiger partial charge in [-0.3, -0.25) is 9.59 Å². The molecule has 1 aliphatic heterocycles. The van der Waals surface area contributed by atoms with Gasteiger partial charge in [0.1, 0.15) is 5.75 Å². The Balaban J connectivity index is 2.48. The van der Waals surface area contributed by atoms with Crippen molar-refractivity contribution in [3.05, 3.63) is 23.8 Å². The highest BCUT2D eigenvalue weighted by molar-refractivity contribution is 5.96. The second-order valence-electron chi connectivity index (χ2n) is 4.57.